The highest BCUT2D eigenvalue weighted by atomic mass is 19.4. The summed E-state index contributed by atoms with van der Waals surface area (Å²) in [4.78, 5) is 21.1. The van der Waals surface area contributed by atoms with E-state index in [0.717, 1.165) is 55.8 Å². The van der Waals surface area contributed by atoms with Crippen molar-refractivity contribution < 1.29 is 18.0 Å². The molecule has 3 N–H and O–H groups in total. The number of amides is 1. The number of pyridine rings is 1. The van der Waals surface area contributed by atoms with Gasteiger partial charge in [-0.3, -0.25) is 14.7 Å². The molecule has 2 atom stereocenters. The summed E-state index contributed by atoms with van der Waals surface area (Å²) >= 11 is 0. The molecule has 2 aliphatic heterocycles. The highest BCUT2D eigenvalue weighted by molar-refractivity contribution is 5.79. The average molecular weight is 466 g/mol. The van der Waals surface area contributed by atoms with Crippen molar-refractivity contribution in [2.45, 2.75) is 71.1 Å². The number of halogens is 3. The highest BCUT2D eigenvalue weighted by Crippen LogP contribution is 2.35. The highest BCUT2D eigenvalue weighted by Gasteiger charge is 2.38. The number of carbonyl (C=O) groups excluding carboxylic acids is 1. The van der Waals surface area contributed by atoms with E-state index in [0.29, 0.717) is 30.8 Å². The molecule has 1 saturated carbocycles. The Morgan fingerprint density at radius 1 is 1.24 bits per heavy atom. The second kappa shape index (κ2) is 10.7. The minimum atomic E-state index is -4.44. The third-order valence-corrected chi connectivity index (χ3v) is 6.58. The molecule has 4 rings (SSSR count). The van der Waals surface area contributed by atoms with E-state index in [-0.39, 0.29) is 24.4 Å². The number of hydrogen-bond donors (Lipinski definition) is 2. The third kappa shape index (κ3) is 5.93. The zero-order valence-electron chi connectivity index (χ0n) is 19.4. The van der Waals surface area contributed by atoms with Crippen LogP contribution in [0.4, 0.5) is 13.2 Å². The Hall–Kier alpha value is -2.42. The van der Waals surface area contributed by atoms with Crippen LogP contribution in [-0.4, -0.2) is 52.6 Å². The Bertz CT molecular complexity index is 899. The predicted molar refractivity (Wildman–Crippen MR) is 122 cm³/mol. The van der Waals surface area contributed by atoms with Gasteiger partial charge in [-0.2, -0.15) is 13.2 Å². The van der Waals surface area contributed by atoms with Gasteiger partial charge >= 0.3 is 6.18 Å². The second-order valence-corrected chi connectivity index (χ2v) is 9.12. The molecule has 1 aromatic rings. The molecule has 1 amide bonds. The number of carbonyl (C=O) groups is 1. The first-order valence-corrected chi connectivity index (χ1v) is 11.7. The standard InChI is InChI=1S/C21H26F3N5O.C3H8/c22-21(23,24)16-7-14-11-29(6-4-19(14)27-10-16)20(30)13-1-2-17(8-13)28-5-3-18(26)15(9-25)12-28;1-3-2/h7,9-10,13,17,25H,1-6,8,11-12,26H2;3H2,1-2H3. The summed E-state index contributed by atoms with van der Waals surface area (Å²) in [7, 11) is 0. The van der Waals surface area contributed by atoms with E-state index in [4.69, 9.17) is 11.1 Å². The van der Waals surface area contributed by atoms with Crippen molar-refractivity contribution >= 4 is 12.1 Å². The first kappa shape index (κ1) is 25.2. The van der Waals surface area contributed by atoms with Gasteiger partial charge in [-0.25, -0.2) is 0 Å². The lowest BCUT2D eigenvalue weighted by Crippen LogP contribution is -2.42. The van der Waals surface area contributed by atoms with Gasteiger partial charge in [0, 0.05) is 80.4 Å². The molecule has 0 bridgehead atoms. The molecular weight excluding hydrogens is 431 g/mol. The molecule has 0 spiro atoms. The summed E-state index contributed by atoms with van der Waals surface area (Å²) < 4.78 is 39.0. The van der Waals surface area contributed by atoms with Gasteiger partial charge in [0.15, 0.2) is 0 Å². The van der Waals surface area contributed by atoms with Crippen LogP contribution in [0.5, 0.6) is 0 Å². The van der Waals surface area contributed by atoms with Crippen LogP contribution >= 0.6 is 0 Å². The molecule has 3 heterocycles. The maximum absolute atomic E-state index is 13.1. The van der Waals surface area contributed by atoms with Gasteiger partial charge in [-0.1, -0.05) is 20.3 Å². The molecule has 3 aliphatic rings. The van der Waals surface area contributed by atoms with Gasteiger partial charge in [-0.05, 0) is 30.9 Å². The topological polar surface area (TPSA) is 86.3 Å². The van der Waals surface area contributed by atoms with E-state index in [1.165, 1.54) is 12.6 Å². The summed E-state index contributed by atoms with van der Waals surface area (Å²) in [5.74, 6) is -0.0816. The fourth-order valence-corrected chi connectivity index (χ4v) is 4.82. The van der Waals surface area contributed by atoms with E-state index in [9.17, 15) is 18.0 Å². The molecule has 1 fully saturated rings. The fraction of sp³-hybridized carbons (Fsp3) is 0.625. The monoisotopic (exact) mass is 465 g/mol. The molecule has 0 saturated heterocycles. The van der Waals surface area contributed by atoms with E-state index in [1.807, 2.05) is 0 Å². The molecule has 2 unspecified atom stereocenters. The Kier molecular flexibility index (Phi) is 8.15. The summed E-state index contributed by atoms with van der Waals surface area (Å²) in [6.07, 6.45) is 2.65. The first-order valence-electron chi connectivity index (χ1n) is 11.7. The molecule has 182 valence electrons. The summed E-state index contributed by atoms with van der Waals surface area (Å²) in [6, 6.07) is 1.40. The zero-order valence-corrected chi connectivity index (χ0v) is 19.4. The van der Waals surface area contributed by atoms with Crippen molar-refractivity contribution in [3.8, 4) is 0 Å². The average Bonchev–Trinajstić information content (AvgIpc) is 3.28. The van der Waals surface area contributed by atoms with Gasteiger partial charge in [0.05, 0.1) is 5.56 Å². The van der Waals surface area contributed by atoms with Gasteiger partial charge < -0.3 is 16.0 Å². The largest absolute Gasteiger partial charge is 0.417 e. The number of aromatic nitrogens is 1. The summed E-state index contributed by atoms with van der Waals surface area (Å²) in [5.41, 5.74) is 7.95. The first-order chi connectivity index (χ1) is 15.7. The van der Waals surface area contributed by atoms with Gasteiger partial charge in [0.25, 0.3) is 0 Å². The number of fused-ring (bicyclic) bond motifs is 1. The maximum Gasteiger partial charge on any atom is 0.417 e. The van der Waals surface area contributed by atoms with Crippen molar-refractivity contribution in [1.82, 2.24) is 14.8 Å². The van der Waals surface area contributed by atoms with Crippen molar-refractivity contribution in [2.75, 3.05) is 19.6 Å². The molecule has 1 aromatic heterocycles. The van der Waals surface area contributed by atoms with Crippen LogP contribution < -0.4 is 5.73 Å². The minimum absolute atomic E-state index is 0.0277. The number of alkyl halides is 3. The smallest absolute Gasteiger partial charge is 0.402 e. The lowest BCUT2D eigenvalue weighted by atomic mass is 9.99. The SMILES string of the molecule is CCC.N=CC1=C(N)CCN(C2CCC(C(=O)N3CCc4ncc(C(F)(F)F)cc4C3)C2)C1. The maximum atomic E-state index is 13.1. The third-order valence-electron chi connectivity index (χ3n) is 6.58. The molecule has 6 nitrogen and oxygen atoms in total. The summed E-state index contributed by atoms with van der Waals surface area (Å²) in [6.45, 7) is 6.40. The number of hydrogen-bond acceptors (Lipinski definition) is 5. The van der Waals surface area contributed by atoms with Crippen LogP contribution in [0.2, 0.25) is 0 Å². The minimum Gasteiger partial charge on any atom is -0.402 e. The number of rotatable bonds is 3. The molecular formula is C24H34F3N5O. The van der Waals surface area contributed by atoms with Crippen LogP contribution in [0.3, 0.4) is 0 Å². The molecule has 1 aliphatic carbocycles. The Morgan fingerprint density at radius 2 is 1.97 bits per heavy atom. The van der Waals surface area contributed by atoms with Crippen LogP contribution in [0.25, 0.3) is 0 Å². The summed E-state index contributed by atoms with van der Waals surface area (Å²) in [5, 5.41) is 7.52. The van der Waals surface area contributed by atoms with Gasteiger partial charge in [-0.15, -0.1) is 0 Å². The predicted octanol–water partition coefficient (Wildman–Crippen LogP) is 4.14. The van der Waals surface area contributed by atoms with E-state index >= 15 is 0 Å². The zero-order chi connectivity index (χ0) is 24.2. The van der Waals surface area contributed by atoms with Gasteiger partial charge in [0.2, 0.25) is 5.91 Å². The number of nitrogens with one attached hydrogen (secondary N) is 1. The van der Waals surface area contributed by atoms with E-state index in [1.54, 1.807) is 4.90 Å². The lowest BCUT2D eigenvalue weighted by molar-refractivity contribution is -0.137. The normalized spacial score (nSPS) is 23.6. The Morgan fingerprint density at radius 3 is 2.64 bits per heavy atom. The van der Waals surface area contributed by atoms with Crippen molar-refractivity contribution in [3.05, 3.63) is 40.4 Å². The van der Waals surface area contributed by atoms with E-state index in [2.05, 4.69) is 23.7 Å². The molecule has 9 heteroatoms. The number of nitrogens with zero attached hydrogens (tertiary/aromatic N) is 3. The van der Waals surface area contributed by atoms with E-state index < -0.39 is 11.7 Å². The van der Waals surface area contributed by atoms with Crippen LogP contribution in [0.15, 0.2) is 23.5 Å². The van der Waals surface area contributed by atoms with Crippen LogP contribution in [-0.2, 0) is 23.9 Å². The molecule has 0 radical (unpaired) electrons. The molecule has 0 aromatic carbocycles. The van der Waals surface area contributed by atoms with Crippen molar-refractivity contribution in [3.63, 3.8) is 0 Å². The van der Waals surface area contributed by atoms with Gasteiger partial charge in [0.1, 0.15) is 0 Å². The molecule has 33 heavy (non-hydrogen) atoms. The quantitative estimate of drug-likeness (QED) is 0.657. The van der Waals surface area contributed by atoms with Crippen LogP contribution in [0.1, 0.15) is 62.8 Å². The Labute approximate surface area is 193 Å². The fourth-order valence-electron chi connectivity index (χ4n) is 4.82. The Balaban J connectivity index is 0.000000968. The number of nitrogens with two attached hydrogens (primary N) is 1. The lowest BCUT2D eigenvalue weighted by Gasteiger charge is -2.34. The second-order valence-electron chi connectivity index (χ2n) is 9.12. The van der Waals surface area contributed by atoms with Crippen molar-refractivity contribution in [1.29, 1.82) is 5.41 Å². The van der Waals surface area contributed by atoms with Crippen LogP contribution in [0, 0.1) is 11.3 Å². The van der Waals surface area contributed by atoms with Crippen molar-refractivity contribution in [2.24, 2.45) is 11.7 Å².